The molecule has 5 nitrogen and oxygen atoms in total. The molecule has 0 fully saturated rings. The van der Waals surface area contributed by atoms with Crippen molar-refractivity contribution < 1.29 is 19.4 Å². The number of ether oxygens (including phenoxy) is 1. The summed E-state index contributed by atoms with van der Waals surface area (Å²) in [5.41, 5.74) is 0.548. The van der Waals surface area contributed by atoms with E-state index < -0.39 is 11.9 Å². The monoisotopic (exact) mass is 215 g/mol. The molecule has 0 saturated heterocycles. The molecule has 0 aliphatic heterocycles. The van der Waals surface area contributed by atoms with Gasteiger partial charge in [-0.2, -0.15) is 4.37 Å². The zero-order chi connectivity index (χ0) is 10.7. The van der Waals surface area contributed by atoms with Crippen LogP contribution in [0, 0.1) is 0 Å². The highest BCUT2D eigenvalue weighted by atomic mass is 32.1. The molecule has 1 aromatic heterocycles. The zero-order valence-electron chi connectivity index (χ0n) is 7.73. The van der Waals surface area contributed by atoms with Crippen LogP contribution in [0.25, 0.3) is 0 Å². The summed E-state index contributed by atoms with van der Waals surface area (Å²) in [4.78, 5) is 21.9. The van der Waals surface area contributed by atoms with Gasteiger partial charge in [-0.25, -0.2) is 9.59 Å². The summed E-state index contributed by atoms with van der Waals surface area (Å²) in [6, 6.07) is 0. The van der Waals surface area contributed by atoms with Gasteiger partial charge in [-0.15, -0.1) is 0 Å². The molecule has 0 unspecified atom stereocenters. The lowest BCUT2D eigenvalue weighted by Gasteiger charge is -1.99. The number of carboxylic acid groups (broad SMARTS) is 1. The minimum atomic E-state index is -1.15. The summed E-state index contributed by atoms with van der Waals surface area (Å²) in [5, 5.41) is 8.78. The molecule has 0 radical (unpaired) electrons. The molecule has 0 bridgehead atoms. The highest BCUT2D eigenvalue weighted by Crippen LogP contribution is 2.20. The number of aryl methyl sites for hydroxylation is 1. The number of carbonyl (C=O) groups excluding carboxylic acids is 1. The van der Waals surface area contributed by atoms with Gasteiger partial charge in [0.25, 0.3) is 0 Å². The van der Waals surface area contributed by atoms with Gasteiger partial charge in [0.2, 0.25) is 0 Å². The number of aromatic carboxylic acids is 1. The van der Waals surface area contributed by atoms with Crippen molar-refractivity contribution in [1.82, 2.24) is 4.37 Å². The Bertz CT molecular complexity index is 371. The second-order valence-electron chi connectivity index (χ2n) is 2.48. The predicted octanol–water partition coefficient (Wildman–Crippen LogP) is 1.19. The third-order valence-electron chi connectivity index (χ3n) is 1.68. The number of hydrogen-bond donors (Lipinski definition) is 1. The molecule has 0 amide bonds. The normalized spacial score (nSPS) is 9.86. The third kappa shape index (κ3) is 1.74. The van der Waals surface area contributed by atoms with E-state index in [-0.39, 0.29) is 10.4 Å². The number of rotatable bonds is 3. The maximum atomic E-state index is 11.3. The molecule has 0 atom stereocenters. The van der Waals surface area contributed by atoms with E-state index in [9.17, 15) is 9.59 Å². The largest absolute Gasteiger partial charge is 0.477 e. The molecule has 6 heteroatoms. The number of carboxylic acids is 1. The molecule has 1 rings (SSSR count). The van der Waals surface area contributed by atoms with E-state index in [0.717, 1.165) is 11.5 Å². The summed E-state index contributed by atoms with van der Waals surface area (Å²) >= 11 is 0.802. The van der Waals surface area contributed by atoms with E-state index in [4.69, 9.17) is 5.11 Å². The van der Waals surface area contributed by atoms with Crippen LogP contribution in [0.4, 0.5) is 0 Å². The van der Waals surface area contributed by atoms with E-state index in [2.05, 4.69) is 9.11 Å². The Labute approximate surface area is 84.5 Å². The van der Waals surface area contributed by atoms with Crippen LogP contribution in [-0.2, 0) is 11.2 Å². The Kier molecular flexibility index (Phi) is 3.19. The molecule has 76 valence electrons. The molecular formula is C8H9NO4S. The van der Waals surface area contributed by atoms with Crippen LogP contribution >= 0.6 is 11.5 Å². The van der Waals surface area contributed by atoms with Crippen molar-refractivity contribution in [3.05, 3.63) is 16.1 Å². The molecule has 0 spiro atoms. The molecular weight excluding hydrogens is 206 g/mol. The van der Waals surface area contributed by atoms with Gasteiger partial charge in [-0.05, 0) is 18.0 Å². The van der Waals surface area contributed by atoms with Gasteiger partial charge >= 0.3 is 11.9 Å². The average molecular weight is 215 g/mol. The Morgan fingerprint density at radius 3 is 2.64 bits per heavy atom. The first-order chi connectivity index (χ1) is 6.61. The van der Waals surface area contributed by atoms with Crippen LogP contribution in [-0.4, -0.2) is 28.5 Å². The van der Waals surface area contributed by atoms with Gasteiger partial charge in [0, 0.05) is 0 Å². The minimum absolute atomic E-state index is 0.0614. The first-order valence-electron chi connectivity index (χ1n) is 3.92. The Morgan fingerprint density at radius 1 is 1.57 bits per heavy atom. The van der Waals surface area contributed by atoms with Crippen molar-refractivity contribution in [3.63, 3.8) is 0 Å². The summed E-state index contributed by atoms with van der Waals surface area (Å²) < 4.78 is 8.38. The highest BCUT2D eigenvalue weighted by molar-refractivity contribution is 7.08. The van der Waals surface area contributed by atoms with Crippen LogP contribution in [0.5, 0.6) is 0 Å². The first-order valence-corrected chi connectivity index (χ1v) is 4.69. The lowest BCUT2D eigenvalue weighted by molar-refractivity contribution is 0.0583. The molecule has 0 saturated carbocycles. The standard InChI is InChI=1S/C8H9NO4S/c1-3-4-5(8(12)13-2)6(7(10)11)14-9-4/h3H2,1-2H3,(H,10,11). The highest BCUT2D eigenvalue weighted by Gasteiger charge is 2.24. The lowest BCUT2D eigenvalue weighted by atomic mass is 10.1. The van der Waals surface area contributed by atoms with E-state index in [0.29, 0.717) is 12.1 Å². The molecule has 1 aromatic rings. The van der Waals surface area contributed by atoms with E-state index in [1.54, 1.807) is 6.92 Å². The van der Waals surface area contributed by atoms with Gasteiger partial charge in [-0.1, -0.05) is 6.92 Å². The molecule has 1 heterocycles. The summed E-state index contributed by atoms with van der Waals surface area (Å²) in [7, 11) is 1.21. The maximum absolute atomic E-state index is 11.3. The van der Waals surface area contributed by atoms with Crippen LogP contribution in [0.3, 0.4) is 0 Å². The van der Waals surface area contributed by atoms with Crippen LogP contribution in [0.15, 0.2) is 0 Å². The first kappa shape index (κ1) is 10.6. The number of esters is 1. The van der Waals surface area contributed by atoms with Crippen LogP contribution in [0.1, 0.15) is 32.6 Å². The van der Waals surface area contributed by atoms with E-state index in [1.807, 2.05) is 0 Å². The quantitative estimate of drug-likeness (QED) is 0.766. The number of methoxy groups -OCH3 is 1. The Hall–Kier alpha value is -1.43. The maximum Gasteiger partial charge on any atom is 0.348 e. The third-order valence-corrected chi connectivity index (χ3v) is 2.55. The molecule has 0 aromatic carbocycles. The summed E-state index contributed by atoms with van der Waals surface area (Å²) in [6.45, 7) is 1.80. The molecule has 0 aliphatic rings. The topological polar surface area (TPSA) is 76.5 Å². The van der Waals surface area contributed by atoms with Crippen LogP contribution in [0.2, 0.25) is 0 Å². The molecule has 14 heavy (non-hydrogen) atoms. The van der Waals surface area contributed by atoms with Gasteiger partial charge in [0.05, 0.1) is 12.8 Å². The minimum Gasteiger partial charge on any atom is -0.477 e. The van der Waals surface area contributed by atoms with Crippen molar-refractivity contribution in [1.29, 1.82) is 0 Å². The smallest absolute Gasteiger partial charge is 0.348 e. The van der Waals surface area contributed by atoms with Gasteiger partial charge in [-0.3, -0.25) is 0 Å². The van der Waals surface area contributed by atoms with Gasteiger partial charge in [0.1, 0.15) is 10.4 Å². The summed E-state index contributed by atoms with van der Waals surface area (Å²) in [6.07, 6.45) is 0.508. The summed E-state index contributed by atoms with van der Waals surface area (Å²) in [5.74, 6) is -1.80. The number of carbonyl (C=O) groups is 2. The van der Waals surface area contributed by atoms with Crippen molar-refractivity contribution in [2.45, 2.75) is 13.3 Å². The number of hydrogen-bond acceptors (Lipinski definition) is 5. The fourth-order valence-electron chi connectivity index (χ4n) is 1.02. The van der Waals surface area contributed by atoms with Crippen molar-refractivity contribution >= 4 is 23.5 Å². The zero-order valence-corrected chi connectivity index (χ0v) is 8.55. The van der Waals surface area contributed by atoms with Gasteiger partial charge < -0.3 is 9.84 Å². The number of aromatic nitrogens is 1. The average Bonchev–Trinajstić information content (AvgIpc) is 2.59. The SMILES string of the molecule is CCc1nsc(C(=O)O)c1C(=O)OC. The Morgan fingerprint density at radius 2 is 2.21 bits per heavy atom. The van der Waals surface area contributed by atoms with Crippen molar-refractivity contribution in [2.75, 3.05) is 7.11 Å². The molecule has 0 aliphatic carbocycles. The molecule has 1 N–H and O–H groups in total. The van der Waals surface area contributed by atoms with E-state index in [1.165, 1.54) is 7.11 Å². The van der Waals surface area contributed by atoms with Crippen LogP contribution < -0.4 is 0 Å². The predicted molar refractivity (Wildman–Crippen MR) is 49.8 cm³/mol. The van der Waals surface area contributed by atoms with Crippen molar-refractivity contribution in [3.8, 4) is 0 Å². The van der Waals surface area contributed by atoms with E-state index >= 15 is 0 Å². The Balaban J connectivity index is 3.26. The van der Waals surface area contributed by atoms with Crippen molar-refractivity contribution in [2.24, 2.45) is 0 Å². The number of nitrogens with zero attached hydrogens (tertiary/aromatic N) is 1. The second kappa shape index (κ2) is 4.19. The fourth-order valence-corrected chi connectivity index (χ4v) is 1.82. The lowest BCUT2D eigenvalue weighted by Crippen LogP contribution is -2.09. The van der Waals surface area contributed by atoms with Gasteiger partial charge in [0.15, 0.2) is 0 Å². The fraction of sp³-hybridized carbons (Fsp3) is 0.375. The second-order valence-corrected chi connectivity index (χ2v) is 3.26.